The molecule has 1 rings (SSSR count). The van der Waals surface area contributed by atoms with Gasteiger partial charge in [-0.15, -0.1) is 23.2 Å². The molecule has 16 heavy (non-hydrogen) atoms. The lowest BCUT2D eigenvalue weighted by Gasteiger charge is -2.09. The Morgan fingerprint density at radius 3 is 2.06 bits per heavy atom. The molecule has 0 aliphatic heterocycles. The number of aromatic carboxylic acids is 2. The van der Waals surface area contributed by atoms with Crippen molar-refractivity contribution in [3.05, 3.63) is 34.4 Å². The van der Waals surface area contributed by atoms with E-state index in [1.54, 1.807) is 0 Å². The van der Waals surface area contributed by atoms with Gasteiger partial charge in [0.1, 0.15) is 0 Å². The number of carboxylic acid groups (broad SMARTS) is 2. The number of alkyl halides is 2. The van der Waals surface area contributed by atoms with Crippen molar-refractivity contribution in [2.45, 2.75) is 11.8 Å². The Morgan fingerprint density at radius 2 is 1.69 bits per heavy atom. The third-order valence-electron chi connectivity index (χ3n) is 2.10. The summed E-state index contributed by atoms with van der Waals surface area (Å²) in [6, 6.07) is 2.41. The molecule has 2 N–H and O–H groups in total. The van der Waals surface area contributed by atoms with Crippen molar-refractivity contribution in [1.82, 2.24) is 0 Å². The zero-order valence-corrected chi connectivity index (χ0v) is 9.55. The van der Waals surface area contributed by atoms with Crippen LogP contribution in [0.25, 0.3) is 0 Å². The number of rotatable bonds is 4. The van der Waals surface area contributed by atoms with E-state index in [4.69, 9.17) is 33.4 Å². The molecule has 0 spiro atoms. The minimum absolute atomic E-state index is 0.0173. The van der Waals surface area contributed by atoms with Crippen molar-refractivity contribution in [2.75, 3.05) is 0 Å². The average molecular weight is 263 g/mol. The van der Waals surface area contributed by atoms with Crippen molar-refractivity contribution < 1.29 is 19.8 Å². The zero-order chi connectivity index (χ0) is 12.3. The number of benzene rings is 1. The molecule has 0 saturated heterocycles. The van der Waals surface area contributed by atoms with Crippen molar-refractivity contribution in [3.8, 4) is 0 Å². The Hall–Kier alpha value is -1.26. The van der Waals surface area contributed by atoms with Crippen molar-refractivity contribution in [3.63, 3.8) is 0 Å². The van der Waals surface area contributed by atoms with Crippen LogP contribution in [0.2, 0.25) is 0 Å². The summed E-state index contributed by atoms with van der Waals surface area (Å²) in [5.74, 6) is -2.42. The van der Waals surface area contributed by atoms with Gasteiger partial charge in [0.2, 0.25) is 0 Å². The smallest absolute Gasteiger partial charge is 0.336 e. The molecule has 6 heteroatoms. The van der Waals surface area contributed by atoms with Gasteiger partial charge in [-0.1, -0.05) is 0 Å². The maximum absolute atomic E-state index is 10.9. The second-order valence-corrected chi connectivity index (χ2v) is 3.57. The fraction of sp³-hybridized carbons (Fsp3) is 0.200. The monoisotopic (exact) mass is 262 g/mol. The van der Waals surface area contributed by atoms with Crippen LogP contribution in [0.3, 0.4) is 0 Å². The molecule has 0 unspecified atom stereocenters. The Bertz CT molecular complexity index is 443. The third-order valence-corrected chi connectivity index (χ3v) is 2.65. The molecule has 1 aromatic carbocycles. The Labute approximate surface area is 101 Å². The summed E-state index contributed by atoms with van der Waals surface area (Å²) in [6.45, 7) is 0. The van der Waals surface area contributed by atoms with Crippen LogP contribution < -0.4 is 0 Å². The molecular weight excluding hydrogens is 255 g/mol. The summed E-state index contributed by atoms with van der Waals surface area (Å²) < 4.78 is 0. The van der Waals surface area contributed by atoms with E-state index >= 15 is 0 Å². The summed E-state index contributed by atoms with van der Waals surface area (Å²) in [5, 5.41) is 17.7. The first-order chi connectivity index (χ1) is 7.51. The van der Waals surface area contributed by atoms with Gasteiger partial charge in [-0.25, -0.2) is 9.59 Å². The Kier molecular flexibility index (Phi) is 4.15. The van der Waals surface area contributed by atoms with Crippen molar-refractivity contribution in [1.29, 1.82) is 0 Å². The number of hydrogen-bond donors (Lipinski definition) is 2. The normalized spacial score (nSPS) is 10.1. The SMILES string of the molecule is O=C(O)c1cc(CCl)c(CCl)c(C(=O)O)c1. The van der Waals surface area contributed by atoms with Gasteiger partial charge in [0, 0.05) is 11.8 Å². The van der Waals surface area contributed by atoms with E-state index in [9.17, 15) is 9.59 Å². The van der Waals surface area contributed by atoms with Gasteiger partial charge in [0.05, 0.1) is 11.1 Å². The second-order valence-electron chi connectivity index (χ2n) is 3.04. The maximum atomic E-state index is 10.9. The third kappa shape index (κ3) is 2.46. The number of carboxylic acids is 2. The van der Waals surface area contributed by atoms with E-state index in [-0.39, 0.29) is 22.9 Å². The first-order valence-corrected chi connectivity index (χ1v) is 5.32. The number of hydrogen-bond acceptors (Lipinski definition) is 2. The highest BCUT2D eigenvalue weighted by Crippen LogP contribution is 2.22. The lowest BCUT2D eigenvalue weighted by atomic mass is 9.99. The average Bonchev–Trinajstić information content (AvgIpc) is 2.26. The van der Waals surface area contributed by atoms with Gasteiger partial charge >= 0.3 is 11.9 Å². The number of carbonyl (C=O) groups is 2. The van der Waals surface area contributed by atoms with Crippen LogP contribution in [0.4, 0.5) is 0 Å². The van der Waals surface area contributed by atoms with Crippen LogP contribution in [0.15, 0.2) is 12.1 Å². The van der Waals surface area contributed by atoms with Gasteiger partial charge in [0.15, 0.2) is 0 Å². The first-order valence-electron chi connectivity index (χ1n) is 4.25. The highest BCUT2D eigenvalue weighted by Gasteiger charge is 2.17. The quantitative estimate of drug-likeness (QED) is 0.818. The summed E-state index contributed by atoms with van der Waals surface area (Å²) in [5.41, 5.74) is 0.551. The predicted octanol–water partition coefficient (Wildman–Crippen LogP) is 2.56. The van der Waals surface area contributed by atoms with Crippen LogP contribution in [-0.4, -0.2) is 22.2 Å². The summed E-state index contributed by atoms with van der Waals surface area (Å²) in [6.07, 6.45) is 0. The predicted molar refractivity (Wildman–Crippen MR) is 59.5 cm³/mol. The molecule has 4 nitrogen and oxygen atoms in total. The van der Waals surface area contributed by atoms with Crippen LogP contribution in [0, 0.1) is 0 Å². The number of halogens is 2. The lowest BCUT2D eigenvalue weighted by molar-refractivity contribution is 0.0695. The largest absolute Gasteiger partial charge is 0.478 e. The molecule has 0 aliphatic carbocycles. The highest BCUT2D eigenvalue weighted by atomic mass is 35.5. The van der Waals surface area contributed by atoms with Crippen LogP contribution in [0.1, 0.15) is 31.8 Å². The fourth-order valence-electron chi connectivity index (χ4n) is 1.32. The molecule has 1 aromatic rings. The molecule has 0 radical (unpaired) electrons. The molecule has 0 atom stereocenters. The summed E-state index contributed by atoms with van der Waals surface area (Å²) >= 11 is 11.2. The van der Waals surface area contributed by atoms with E-state index in [1.807, 2.05) is 0 Å². The minimum atomic E-state index is -1.22. The minimum Gasteiger partial charge on any atom is -0.478 e. The summed E-state index contributed by atoms with van der Waals surface area (Å²) in [7, 11) is 0. The van der Waals surface area contributed by atoms with E-state index in [0.717, 1.165) is 6.07 Å². The summed E-state index contributed by atoms with van der Waals surface area (Å²) in [4.78, 5) is 21.7. The van der Waals surface area contributed by atoms with E-state index < -0.39 is 11.9 Å². The van der Waals surface area contributed by atoms with E-state index in [0.29, 0.717) is 11.1 Å². The van der Waals surface area contributed by atoms with Gasteiger partial charge in [-0.3, -0.25) is 0 Å². The van der Waals surface area contributed by atoms with Gasteiger partial charge < -0.3 is 10.2 Å². The van der Waals surface area contributed by atoms with Crippen LogP contribution >= 0.6 is 23.2 Å². The molecule has 0 bridgehead atoms. The van der Waals surface area contributed by atoms with Gasteiger partial charge in [-0.05, 0) is 23.3 Å². The molecular formula is C10H8Cl2O4. The van der Waals surface area contributed by atoms with Crippen molar-refractivity contribution >= 4 is 35.1 Å². The molecule has 0 aliphatic rings. The van der Waals surface area contributed by atoms with Gasteiger partial charge in [0.25, 0.3) is 0 Å². The molecule has 86 valence electrons. The van der Waals surface area contributed by atoms with Crippen LogP contribution in [0.5, 0.6) is 0 Å². The van der Waals surface area contributed by atoms with Gasteiger partial charge in [-0.2, -0.15) is 0 Å². The Balaban J connectivity index is 3.49. The van der Waals surface area contributed by atoms with Crippen LogP contribution in [-0.2, 0) is 11.8 Å². The lowest BCUT2D eigenvalue weighted by Crippen LogP contribution is -2.08. The molecule has 0 aromatic heterocycles. The van der Waals surface area contributed by atoms with E-state index in [1.165, 1.54) is 6.07 Å². The highest BCUT2D eigenvalue weighted by molar-refractivity contribution is 6.19. The van der Waals surface area contributed by atoms with E-state index in [2.05, 4.69) is 0 Å². The van der Waals surface area contributed by atoms with Crippen molar-refractivity contribution in [2.24, 2.45) is 0 Å². The maximum Gasteiger partial charge on any atom is 0.336 e. The molecule has 0 saturated carbocycles. The fourth-order valence-corrected chi connectivity index (χ4v) is 1.88. The molecule has 0 fully saturated rings. The molecule has 0 amide bonds. The topological polar surface area (TPSA) is 74.6 Å². The Morgan fingerprint density at radius 1 is 1.06 bits per heavy atom. The molecule has 0 heterocycles. The first kappa shape index (κ1) is 12.8. The second kappa shape index (κ2) is 5.18. The standard InChI is InChI=1S/C10H8Cl2O4/c11-3-6-1-5(9(13)14)2-7(10(15)16)8(6)4-12/h1-2H,3-4H2,(H,13,14)(H,15,16). The zero-order valence-electron chi connectivity index (χ0n) is 8.04.